The van der Waals surface area contributed by atoms with Crippen LogP contribution >= 0.6 is 11.6 Å². The number of Topliss-reactive ketones (excluding diaryl/α,β-unsaturated/α-hetero) is 2. The number of carbonyl (C=O) groups excluding carboxylic acids is 2. The summed E-state index contributed by atoms with van der Waals surface area (Å²) in [4.78, 5) is 39.5. The molecule has 0 spiro atoms. The number of halogens is 2. The van der Waals surface area contributed by atoms with E-state index in [1.807, 2.05) is 42.6 Å². The van der Waals surface area contributed by atoms with Crippen molar-refractivity contribution in [3.63, 3.8) is 0 Å². The molecule has 0 unspecified atom stereocenters. The average molecular weight is 603 g/mol. The Labute approximate surface area is 255 Å². The number of aryl methyl sites for hydroxylation is 2. The number of fused-ring (bicyclic) bond motifs is 10. The predicted molar refractivity (Wildman–Crippen MR) is 169 cm³/mol. The molecule has 7 nitrogen and oxygen atoms in total. The van der Waals surface area contributed by atoms with Gasteiger partial charge in [-0.1, -0.05) is 35.9 Å². The molecule has 216 valence electrons. The second-order valence-electron chi connectivity index (χ2n) is 11.1. The molecule has 0 radical (unpaired) electrons. The van der Waals surface area contributed by atoms with Crippen LogP contribution in [0.15, 0.2) is 67.0 Å². The van der Waals surface area contributed by atoms with Crippen molar-refractivity contribution < 1.29 is 18.7 Å². The number of methoxy groups -OCH3 is 1. The quantitative estimate of drug-likeness (QED) is 0.194. The van der Waals surface area contributed by atoms with Gasteiger partial charge >= 0.3 is 0 Å². The van der Waals surface area contributed by atoms with E-state index >= 15 is 0 Å². The lowest BCUT2D eigenvalue weighted by Gasteiger charge is -2.07. The number of aromatic nitrogens is 4. The fourth-order valence-electron chi connectivity index (χ4n) is 6.52. The highest BCUT2D eigenvalue weighted by Gasteiger charge is 2.27. The molecule has 3 aromatic carbocycles. The normalized spacial score (nSPS) is 14.0. The SMILES string of the molecule is COc1ccc(-c2cc3c(ccc4c5c([nH]c43)CCC5=O)cn2)cc1F.O=C1CCc2nc3c(ccc4c[nH]c(Cl)cc43)c21. The smallest absolute Gasteiger partial charge is 0.165 e. The van der Waals surface area contributed by atoms with E-state index < -0.39 is 5.82 Å². The lowest BCUT2D eigenvalue weighted by atomic mass is 10.0. The van der Waals surface area contributed by atoms with E-state index in [1.54, 1.807) is 18.3 Å². The van der Waals surface area contributed by atoms with Gasteiger partial charge in [0.15, 0.2) is 23.1 Å². The Morgan fingerprint density at radius 2 is 1.64 bits per heavy atom. The van der Waals surface area contributed by atoms with Gasteiger partial charge < -0.3 is 14.7 Å². The molecule has 7 aromatic rings. The molecule has 0 bridgehead atoms. The average Bonchev–Trinajstić information content (AvgIpc) is 3.79. The summed E-state index contributed by atoms with van der Waals surface area (Å²) in [6, 6.07) is 16.5. The third kappa shape index (κ3) is 4.09. The largest absolute Gasteiger partial charge is 0.494 e. The van der Waals surface area contributed by atoms with Crippen molar-refractivity contribution in [3.05, 3.63) is 100 Å². The molecule has 0 aliphatic heterocycles. The fraction of sp³-hybridized carbons (Fsp3) is 0.143. The van der Waals surface area contributed by atoms with Gasteiger partial charge in [0.1, 0.15) is 5.15 Å². The number of nitrogens with one attached hydrogen (secondary N) is 2. The molecule has 44 heavy (non-hydrogen) atoms. The predicted octanol–water partition coefficient (Wildman–Crippen LogP) is 8.16. The second kappa shape index (κ2) is 9.99. The zero-order valence-corrected chi connectivity index (χ0v) is 24.3. The van der Waals surface area contributed by atoms with E-state index in [-0.39, 0.29) is 17.3 Å². The Balaban J connectivity index is 0.000000140. The molecule has 0 atom stereocenters. The van der Waals surface area contributed by atoms with Crippen LogP contribution in [0.1, 0.15) is 44.9 Å². The van der Waals surface area contributed by atoms with Crippen LogP contribution in [0.25, 0.3) is 54.6 Å². The van der Waals surface area contributed by atoms with Gasteiger partial charge in [-0.25, -0.2) is 4.39 Å². The van der Waals surface area contributed by atoms with Crippen LogP contribution in [-0.4, -0.2) is 38.6 Å². The summed E-state index contributed by atoms with van der Waals surface area (Å²) in [6.45, 7) is 0. The number of benzene rings is 3. The molecular weight excluding hydrogens is 579 g/mol. The molecule has 4 aromatic heterocycles. The van der Waals surface area contributed by atoms with Crippen LogP contribution in [0.4, 0.5) is 4.39 Å². The van der Waals surface area contributed by atoms with E-state index in [4.69, 9.17) is 16.3 Å². The molecule has 2 aliphatic carbocycles. The maximum Gasteiger partial charge on any atom is 0.165 e. The maximum absolute atomic E-state index is 14.1. The Bertz CT molecular complexity index is 2360. The highest BCUT2D eigenvalue weighted by atomic mass is 35.5. The minimum atomic E-state index is -0.422. The van der Waals surface area contributed by atoms with Gasteiger partial charge in [0.05, 0.1) is 29.5 Å². The number of hydrogen-bond donors (Lipinski definition) is 2. The molecule has 0 amide bonds. The maximum atomic E-state index is 14.1. The number of nitrogens with zero attached hydrogens (tertiary/aromatic N) is 2. The molecule has 0 fully saturated rings. The lowest BCUT2D eigenvalue weighted by Crippen LogP contribution is -1.91. The van der Waals surface area contributed by atoms with Crippen LogP contribution in [0.2, 0.25) is 5.15 Å². The third-order valence-corrected chi connectivity index (χ3v) is 8.86. The van der Waals surface area contributed by atoms with Crippen molar-refractivity contribution >= 4 is 66.5 Å². The van der Waals surface area contributed by atoms with E-state index in [0.717, 1.165) is 78.7 Å². The first-order valence-corrected chi connectivity index (χ1v) is 14.7. The van der Waals surface area contributed by atoms with E-state index in [9.17, 15) is 14.0 Å². The Hall–Kier alpha value is -5.08. The fourth-order valence-corrected chi connectivity index (χ4v) is 6.69. The standard InChI is InChI=1S/C21H15FN2O2.C14H9ClN2O/c1-26-19-7-3-11(8-15(19)22)17-9-14-12(10-23-17)2-4-13-20-16(24-21(13)14)5-6-18(20)25;15-12-5-9-7(6-16-12)1-2-8-13-10(17-14(8)9)3-4-11(13)18/h2-4,7-10,24H,5-6H2,1H3;1-2,5-6,16H,3-4H2. The number of aromatic amines is 2. The Morgan fingerprint density at radius 3 is 2.48 bits per heavy atom. The van der Waals surface area contributed by atoms with E-state index in [2.05, 4.69) is 19.9 Å². The number of ketones is 2. The van der Waals surface area contributed by atoms with Gasteiger partial charge in [0, 0.05) is 79.9 Å². The summed E-state index contributed by atoms with van der Waals surface area (Å²) in [7, 11) is 1.44. The van der Waals surface area contributed by atoms with Crippen LogP contribution in [0.3, 0.4) is 0 Å². The lowest BCUT2D eigenvalue weighted by molar-refractivity contribution is 0.0988. The highest BCUT2D eigenvalue weighted by Crippen LogP contribution is 2.36. The first-order valence-electron chi connectivity index (χ1n) is 14.3. The highest BCUT2D eigenvalue weighted by molar-refractivity contribution is 6.30. The summed E-state index contributed by atoms with van der Waals surface area (Å²) in [5.74, 6) is 0.184. The topological polar surface area (TPSA) is 101 Å². The zero-order valence-electron chi connectivity index (χ0n) is 23.6. The summed E-state index contributed by atoms with van der Waals surface area (Å²) < 4.78 is 19.0. The molecule has 2 aliphatic rings. The van der Waals surface area contributed by atoms with Crippen molar-refractivity contribution in [3.8, 4) is 17.0 Å². The van der Waals surface area contributed by atoms with Crippen molar-refractivity contribution in [2.75, 3.05) is 7.11 Å². The Morgan fingerprint density at radius 1 is 0.841 bits per heavy atom. The number of pyridine rings is 2. The van der Waals surface area contributed by atoms with Gasteiger partial charge in [-0.15, -0.1) is 0 Å². The molecular formula is C35H24ClFN4O3. The van der Waals surface area contributed by atoms with Gasteiger partial charge in [0.2, 0.25) is 0 Å². The molecule has 9 rings (SSSR count). The molecule has 9 heteroatoms. The summed E-state index contributed by atoms with van der Waals surface area (Å²) in [6.07, 6.45) is 6.32. The second-order valence-corrected chi connectivity index (χ2v) is 11.5. The number of H-pyrrole nitrogens is 2. The number of ether oxygens (including phenoxy) is 1. The minimum absolute atomic E-state index is 0.192. The zero-order chi connectivity index (χ0) is 30.1. The minimum Gasteiger partial charge on any atom is -0.494 e. The van der Waals surface area contributed by atoms with Gasteiger partial charge in [-0.2, -0.15) is 0 Å². The van der Waals surface area contributed by atoms with Crippen molar-refractivity contribution in [2.45, 2.75) is 25.7 Å². The summed E-state index contributed by atoms with van der Waals surface area (Å²) >= 11 is 5.99. The monoisotopic (exact) mass is 602 g/mol. The van der Waals surface area contributed by atoms with Crippen molar-refractivity contribution in [1.29, 1.82) is 0 Å². The molecule has 4 heterocycles. The van der Waals surface area contributed by atoms with Gasteiger partial charge in [-0.05, 0) is 43.2 Å². The van der Waals surface area contributed by atoms with Crippen molar-refractivity contribution in [1.82, 2.24) is 19.9 Å². The first kappa shape index (κ1) is 26.5. The van der Waals surface area contributed by atoms with Crippen LogP contribution in [0, 0.1) is 5.82 Å². The van der Waals surface area contributed by atoms with Crippen LogP contribution < -0.4 is 4.74 Å². The Kier molecular flexibility index (Phi) is 6.03. The number of carbonyl (C=O) groups is 2. The summed E-state index contributed by atoms with van der Waals surface area (Å²) in [5, 5.41) is 6.49. The third-order valence-electron chi connectivity index (χ3n) is 8.64. The van der Waals surface area contributed by atoms with Crippen molar-refractivity contribution in [2.24, 2.45) is 0 Å². The summed E-state index contributed by atoms with van der Waals surface area (Å²) in [5.41, 5.74) is 6.76. The van der Waals surface area contributed by atoms with Crippen LogP contribution in [-0.2, 0) is 12.8 Å². The number of hydrogen-bond acceptors (Lipinski definition) is 5. The van der Waals surface area contributed by atoms with Gasteiger partial charge in [0.25, 0.3) is 0 Å². The molecule has 2 N–H and O–H groups in total. The van der Waals surface area contributed by atoms with E-state index in [1.165, 1.54) is 13.2 Å². The van der Waals surface area contributed by atoms with Gasteiger partial charge in [-0.3, -0.25) is 19.6 Å². The molecule has 0 saturated heterocycles. The van der Waals surface area contributed by atoms with Crippen LogP contribution in [0.5, 0.6) is 5.75 Å². The molecule has 0 saturated carbocycles. The number of rotatable bonds is 2. The van der Waals surface area contributed by atoms with E-state index in [0.29, 0.717) is 29.3 Å². The first-order chi connectivity index (χ1) is 21.4.